The lowest BCUT2D eigenvalue weighted by Gasteiger charge is -2.31. The maximum absolute atomic E-state index is 12.2. The number of carbonyl (C=O) groups is 1. The van der Waals surface area contributed by atoms with Crippen molar-refractivity contribution >= 4 is 16.9 Å². The fourth-order valence-electron chi connectivity index (χ4n) is 2.66. The number of benzene rings is 1. The molecule has 0 bridgehead atoms. The monoisotopic (exact) mass is 363 g/mol. The summed E-state index contributed by atoms with van der Waals surface area (Å²) in [5, 5.41) is 21.4. The molecule has 1 heterocycles. The SMILES string of the molecule is CN(C)CCOC(=O)c1cc2c(C(O)C(N)C(C)(C)C)ccc(O)c2[nH]1. The van der Waals surface area contributed by atoms with E-state index in [1.54, 1.807) is 12.1 Å². The van der Waals surface area contributed by atoms with E-state index < -0.39 is 18.1 Å². The number of carbonyl (C=O) groups excluding carboxylic acids is 1. The van der Waals surface area contributed by atoms with Gasteiger partial charge in [0.1, 0.15) is 18.1 Å². The van der Waals surface area contributed by atoms with Crippen LogP contribution in [-0.4, -0.2) is 59.4 Å². The molecule has 0 aliphatic rings. The number of nitrogens with one attached hydrogen (secondary N) is 1. The molecular formula is C19H29N3O4. The molecule has 2 atom stereocenters. The molecule has 0 saturated carbocycles. The minimum atomic E-state index is -0.938. The number of phenols is 1. The average Bonchev–Trinajstić information content (AvgIpc) is 2.98. The number of esters is 1. The van der Waals surface area contributed by atoms with Gasteiger partial charge in [-0.1, -0.05) is 26.8 Å². The first-order valence-corrected chi connectivity index (χ1v) is 8.62. The number of fused-ring (bicyclic) bond motifs is 1. The lowest BCUT2D eigenvalue weighted by atomic mass is 9.81. The average molecular weight is 363 g/mol. The number of H-pyrrole nitrogens is 1. The number of nitrogens with two attached hydrogens (primary N) is 1. The van der Waals surface area contributed by atoms with E-state index in [1.807, 2.05) is 39.8 Å². The van der Waals surface area contributed by atoms with Crippen molar-refractivity contribution in [3.63, 3.8) is 0 Å². The lowest BCUT2D eigenvalue weighted by Crippen LogP contribution is -2.40. The van der Waals surface area contributed by atoms with E-state index in [1.165, 1.54) is 6.07 Å². The van der Waals surface area contributed by atoms with Crippen LogP contribution < -0.4 is 5.73 Å². The second kappa shape index (κ2) is 7.65. The minimum absolute atomic E-state index is 0.00683. The Morgan fingerprint density at radius 1 is 1.35 bits per heavy atom. The van der Waals surface area contributed by atoms with Crippen molar-refractivity contribution in [1.82, 2.24) is 9.88 Å². The number of aromatic amines is 1. The summed E-state index contributed by atoms with van der Waals surface area (Å²) in [6, 6.07) is 4.18. The number of aliphatic hydroxyl groups excluding tert-OH is 1. The molecular weight excluding hydrogens is 334 g/mol. The van der Waals surface area contributed by atoms with Gasteiger partial charge in [0.15, 0.2) is 0 Å². The van der Waals surface area contributed by atoms with Crippen LogP contribution in [0, 0.1) is 5.41 Å². The van der Waals surface area contributed by atoms with Gasteiger partial charge in [0.25, 0.3) is 0 Å². The molecule has 144 valence electrons. The summed E-state index contributed by atoms with van der Waals surface area (Å²) in [7, 11) is 3.78. The molecule has 0 fully saturated rings. The number of likely N-dealkylation sites (N-methyl/N-ethyl adjacent to an activating group) is 1. The van der Waals surface area contributed by atoms with Crippen LogP contribution in [0.3, 0.4) is 0 Å². The second-order valence-corrected chi connectivity index (χ2v) is 7.92. The summed E-state index contributed by atoms with van der Waals surface area (Å²) in [6.07, 6.45) is -0.938. The number of ether oxygens (including phenoxy) is 1. The Hall–Kier alpha value is -2.09. The first-order chi connectivity index (χ1) is 12.0. The minimum Gasteiger partial charge on any atom is -0.506 e. The topological polar surface area (TPSA) is 112 Å². The van der Waals surface area contributed by atoms with Crippen LogP contribution in [0.25, 0.3) is 10.9 Å². The fourth-order valence-corrected chi connectivity index (χ4v) is 2.66. The molecule has 2 unspecified atom stereocenters. The Morgan fingerprint density at radius 2 is 2.00 bits per heavy atom. The Balaban J connectivity index is 2.35. The molecule has 0 aliphatic heterocycles. The van der Waals surface area contributed by atoms with Gasteiger partial charge in [0.2, 0.25) is 0 Å². The standard InChI is InChI=1S/C19H29N3O4/c1-19(2,3)17(20)16(24)11-6-7-14(23)15-12(11)10-13(21-15)18(25)26-9-8-22(4)5/h6-7,10,16-17,21,23-24H,8-9,20H2,1-5H3. The van der Waals surface area contributed by atoms with Gasteiger partial charge < -0.3 is 30.6 Å². The maximum Gasteiger partial charge on any atom is 0.354 e. The molecule has 0 aliphatic carbocycles. The fraction of sp³-hybridized carbons (Fsp3) is 0.526. The first-order valence-electron chi connectivity index (χ1n) is 8.62. The van der Waals surface area contributed by atoms with Crippen LogP contribution in [0.5, 0.6) is 5.75 Å². The molecule has 2 rings (SSSR count). The van der Waals surface area contributed by atoms with Gasteiger partial charge in [-0.3, -0.25) is 0 Å². The van der Waals surface area contributed by atoms with E-state index in [9.17, 15) is 15.0 Å². The van der Waals surface area contributed by atoms with Gasteiger partial charge in [-0.15, -0.1) is 0 Å². The maximum atomic E-state index is 12.2. The third-order valence-electron chi connectivity index (χ3n) is 4.46. The molecule has 2 aromatic rings. The first kappa shape index (κ1) is 20.2. The van der Waals surface area contributed by atoms with Crippen LogP contribution >= 0.6 is 0 Å². The highest BCUT2D eigenvalue weighted by Crippen LogP contribution is 2.35. The largest absolute Gasteiger partial charge is 0.506 e. The molecule has 7 nitrogen and oxygen atoms in total. The third kappa shape index (κ3) is 4.35. The number of phenolic OH excluding ortho intramolecular Hbond substituents is 1. The molecule has 0 saturated heterocycles. The second-order valence-electron chi connectivity index (χ2n) is 7.92. The molecule has 26 heavy (non-hydrogen) atoms. The van der Waals surface area contributed by atoms with Gasteiger partial charge in [0, 0.05) is 18.0 Å². The van der Waals surface area contributed by atoms with E-state index in [-0.39, 0.29) is 23.5 Å². The molecule has 0 amide bonds. The smallest absolute Gasteiger partial charge is 0.354 e. The summed E-state index contributed by atoms with van der Waals surface area (Å²) in [4.78, 5) is 17.0. The van der Waals surface area contributed by atoms with Crippen LogP contribution in [0.2, 0.25) is 0 Å². The van der Waals surface area contributed by atoms with Crippen molar-refractivity contribution in [2.45, 2.75) is 32.9 Å². The predicted molar refractivity (Wildman–Crippen MR) is 101 cm³/mol. The van der Waals surface area contributed by atoms with Crippen LogP contribution in [-0.2, 0) is 4.74 Å². The van der Waals surface area contributed by atoms with Gasteiger partial charge in [-0.05, 0) is 37.2 Å². The Morgan fingerprint density at radius 3 is 2.58 bits per heavy atom. The zero-order valence-corrected chi connectivity index (χ0v) is 16.0. The Bertz CT molecular complexity index is 777. The summed E-state index contributed by atoms with van der Waals surface area (Å²) in [5.74, 6) is -0.518. The molecule has 0 spiro atoms. The molecule has 7 heteroatoms. The summed E-state index contributed by atoms with van der Waals surface area (Å²) < 4.78 is 5.23. The van der Waals surface area contributed by atoms with Crippen molar-refractivity contribution in [2.24, 2.45) is 11.1 Å². The van der Waals surface area contributed by atoms with Crippen molar-refractivity contribution in [3.05, 3.63) is 29.5 Å². The van der Waals surface area contributed by atoms with E-state index in [2.05, 4.69) is 4.98 Å². The molecule has 1 aromatic carbocycles. The van der Waals surface area contributed by atoms with E-state index in [0.717, 1.165) is 0 Å². The summed E-state index contributed by atoms with van der Waals surface area (Å²) >= 11 is 0. The van der Waals surface area contributed by atoms with Gasteiger partial charge in [0.05, 0.1) is 11.6 Å². The Kier molecular flexibility index (Phi) is 5.95. The number of nitrogens with zero attached hydrogens (tertiary/aromatic N) is 1. The van der Waals surface area contributed by atoms with E-state index in [4.69, 9.17) is 10.5 Å². The lowest BCUT2D eigenvalue weighted by molar-refractivity contribution is 0.0476. The van der Waals surface area contributed by atoms with Crippen LogP contribution in [0.4, 0.5) is 0 Å². The molecule has 5 N–H and O–H groups in total. The van der Waals surface area contributed by atoms with E-state index >= 15 is 0 Å². The highest BCUT2D eigenvalue weighted by molar-refractivity contribution is 5.98. The van der Waals surface area contributed by atoms with Crippen LogP contribution in [0.15, 0.2) is 18.2 Å². The summed E-state index contributed by atoms with van der Waals surface area (Å²) in [5.41, 5.74) is 7.04. The number of hydrogen-bond acceptors (Lipinski definition) is 6. The van der Waals surface area contributed by atoms with Gasteiger partial charge in [-0.2, -0.15) is 0 Å². The third-order valence-corrected chi connectivity index (χ3v) is 4.46. The highest BCUT2D eigenvalue weighted by Gasteiger charge is 2.30. The number of aliphatic hydroxyl groups is 1. The zero-order chi connectivity index (χ0) is 19.6. The van der Waals surface area contributed by atoms with Gasteiger partial charge >= 0.3 is 5.97 Å². The molecule has 1 aromatic heterocycles. The van der Waals surface area contributed by atoms with Crippen molar-refractivity contribution in [3.8, 4) is 5.75 Å². The Labute approximate surface area is 153 Å². The van der Waals surface area contributed by atoms with Crippen LogP contribution in [0.1, 0.15) is 42.9 Å². The summed E-state index contributed by atoms with van der Waals surface area (Å²) in [6.45, 7) is 6.72. The predicted octanol–water partition coefficient (Wildman–Crippen LogP) is 2.00. The van der Waals surface area contributed by atoms with Crippen molar-refractivity contribution in [1.29, 1.82) is 0 Å². The van der Waals surface area contributed by atoms with Crippen molar-refractivity contribution < 1.29 is 19.7 Å². The normalized spacial score (nSPS) is 14.6. The van der Waals surface area contributed by atoms with Crippen molar-refractivity contribution in [2.75, 3.05) is 27.2 Å². The number of aromatic hydroxyl groups is 1. The zero-order valence-electron chi connectivity index (χ0n) is 16.0. The quantitative estimate of drug-likeness (QED) is 0.584. The van der Waals surface area contributed by atoms with E-state index in [0.29, 0.717) is 23.0 Å². The number of rotatable bonds is 6. The van der Waals surface area contributed by atoms with Gasteiger partial charge in [-0.25, -0.2) is 4.79 Å². The number of hydrogen-bond donors (Lipinski definition) is 4. The molecule has 0 radical (unpaired) electrons. The number of aromatic nitrogens is 1. The highest BCUT2D eigenvalue weighted by atomic mass is 16.5.